The summed E-state index contributed by atoms with van der Waals surface area (Å²) in [4.78, 5) is 25.6. The third-order valence-corrected chi connectivity index (χ3v) is 4.36. The van der Waals surface area contributed by atoms with Gasteiger partial charge in [-0.05, 0) is 31.2 Å². The molecule has 0 unspecified atom stereocenters. The normalized spacial score (nSPS) is 10.9. The van der Waals surface area contributed by atoms with Crippen LogP contribution in [-0.4, -0.2) is 25.3 Å². The summed E-state index contributed by atoms with van der Waals surface area (Å²) in [6.45, 7) is 1.82. The Kier molecular flexibility index (Phi) is 3.55. The van der Waals surface area contributed by atoms with Crippen LogP contribution in [0.1, 0.15) is 16.2 Å². The smallest absolute Gasteiger partial charge is 0.276 e. The van der Waals surface area contributed by atoms with Crippen molar-refractivity contribution in [1.82, 2.24) is 19.4 Å². The molecule has 0 aromatic carbocycles. The van der Waals surface area contributed by atoms with E-state index in [1.165, 1.54) is 11.3 Å². The number of aryl methyl sites for hydroxylation is 1. The first-order chi connectivity index (χ1) is 11.7. The Hall–Kier alpha value is -3.06. The van der Waals surface area contributed by atoms with Gasteiger partial charge in [0.1, 0.15) is 11.3 Å². The first-order valence-corrected chi connectivity index (χ1v) is 8.21. The van der Waals surface area contributed by atoms with Gasteiger partial charge in [0.15, 0.2) is 5.13 Å². The van der Waals surface area contributed by atoms with E-state index in [9.17, 15) is 4.79 Å². The Morgan fingerprint density at radius 1 is 1.21 bits per heavy atom. The number of anilines is 1. The maximum Gasteiger partial charge on any atom is 0.276 e. The SMILES string of the molecule is Cc1nc2ccccn2c1C(=O)Nc1nc(-c2cccnc2)cs1. The second-order valence-electron chi connectivity index (χ2n) is 5.21. The van der Waals surface area contributed by atoms with Gasteiger partial charge in [-0.25, -0.2) is 9.97 Å². The first-order valence-electron chi connectivity index (χ1n) is 7.33. The maximum absolute atomic E-state index is 12.6. The van der Waals surface area contributed by atoms with E-state index in [-0.39, 0.29) is 5.91 Å². The molecule has 0 aliphatic rings. The van der Waals surface area contributed by atoms with Crippen molar-refractivity contribution in [3.63, 3.8) is 0 Å². The van der Waals surface area contributed by atoms with Crippen LogP contribution in [0.25, 0.3) is 16.9 Å². The highest BCUT2D eigenvalue weighted by Crippen LogP contribution is 2.24. The average molecular weight is 335 g/mol. The summed E-state index contributed by atoms with van der Waals surface area (Å²) in [7, 11) is 0. The number of nitrogens with zero attached hydrogens (tertiary/aromatic N) is 4. The molecule has 0 aliphatic heterocycles. The minimum Gasteiger partial charge on any atom is -0.296 e. The zero-order valence-corrected chi connectivity index (χ0v) is 13.6. The molecular weight excluding hydrogens is 322 g/mol. The van der Waals surface area contributed by atoms with E-state index in [2.05, 4.69) is 20.3 Å². The molecule has 4 rings (SSSR count). The van der Waals surface area contributed by atoms with Gasteiger partial charge in [-0.15, -0.1) is 11.3 Å². The van der Waals surface area contributed by atoms with E-state index in [1.54, 1.807) is 16.8 Å². The van der Waals surface area contributed by atoms with E-state index in [4.69, 9.17) is 0 Å². The highest BCUT2D eigenvalue weighted by Gasteiger charge is 2.17. The van der Waals surface area contributed by atoms with Crippen LogP contribution in [0.15, 0.2) is 54.3 Å². The highest BCUT2D eigenvalue weighted by molar-refractivity contribution is 7.14. The van der Waals surface area contributed by atoms with E-state index in [0.29, 0.717) is 16.5 Å². The maximum atomic E-state index is 12.6. The second kappa shape index (κ2) is 5.86. The van der Waals surface area contributed by atoms with Crippen LogP contribution in [-0.2, 0) is 0 Å². The molecule has 0 saturated carbocycles. The number of hydrogen-bond donors (Lipinski definition) is 1. The summed E-state index contributed by atoms with van der Waals surface area (Å²) in [5.74, 6) is -0.224. The molecule has 118 valence electrons. The highest BCUT2D eigenvalue weighted by atomic mass is 32.1. The van der Waals surface area contributed by atoms with Gasteiger partial charge in [0, 0.05) is 29.5 Å². The molecule has 0 bridgehead atoms. The fourth-order valence-electron chi connectivity index (χ4n) is 2.52. The molecule has 0 aliphatic carbocycles. The van der Waals surface area contributed by atoms with Gasteiger partial charge in [-0.3, -0.25) is 19.5 Å². The van der Waals surface area contributed by atoms with Crippen LogP contribution in [0.3, 0.4) is 0 Å². The number of carbonyl (C=O) groups excluding carboxylic acids is 1. The molecule has 1 amide bonds. The molecule has 6 nitrogen and oxygen atoms in total. The summed E-state index contributed by atoms with van der Waals surface area (Å²) in [5, 5.41) is 5.30. The molecule has 0 atom stereocenters. The number of carbonyl (C=O) groups is 1. The van der Waals surface area contributed by atoms with Crippen molar-refractivity contribution in [3.8, 4) is 11.3 Å². The molecular formula is C17H13N5OS. The Bertz CT molecular complexity index is 1020. The van der Waals surface area contributed by atoms with Crippen molar-refractivity contribution < 1.29 is 4.79 Å². The summed E-state index contributed by atoms with van der Waals surface area (Å²) in [5.41, 5.74) is 3.65. The monoisotopic (exact) mass is 335 g/mol. The Balaban J connectivity index is 1.63. The van der Waals surface area contributed by atoms with Crippen LogP contribution >= 0.6 is 11.3 Å². The zero-order chi connectivity index (χ0) is 16.5. The third-order valence-electron chi connectivity index (χ3n) is 3.60. The Morgan fingerprint density at radius 3 is 2.96 bits per heavy atom. The van der Waals surface area contributed by atoms with Crippen LogP contribution < -0.4 is 5.32 Å². The van der Waals surface area contributed by atoms with Gasteiger partial charge in [-0.1, -0.05) is 6.07 Å². The molecule has 1 N–H and O–H groups in total. The number of fused-ring (bicyclic) bond motifs is 1. The number of aromatic nitrogens is 4. The van der Waals surface area contributed by atoms with Gasteiger partial charge >= 0.3 is 0 Å². The van der Waals surface area contributed by atoms with Crippen LogP contribution in [0.5, 0.6) is 0 Å². The lowest BCUT2D eigenvalue weighted by atomic mass is 10.2. The molecule has 0 saturated heterocycles. The van der Waals surface area contributed by atoms with E-state index >= 15 is 0 Å². The molecule has 24 heavy (non-hydrogen) atoms. The largest absolute Gasteiger partial charge is 0.296 e. The number of amides is 1. The topological polar surface area (TPSA) is 72.2 Å². The van der Waals surface area contributed by atoms with Crippen molar-refractivity contribution >= 4 is 28.0 Å². The minimum absolute atomic E-state index is 0.224. The van der Waals surface area contributed by atoms with Gasteiger partial charge in [0.25, 0.3) is 5.91 Å². The lowest BCUT2D eigenvalue weighted by Crippen LogP contribution is -2.15. The van der Waals surface area contributed by atoms with Crippen molar-refractivity contribution in [2.45, 2.75) is 6.92 Å². The molecule has 7 heteroatoms. The van der Waals surface area contributed by atoms with Gasteiger partial charge in [0.2, 0.25) is 0 Å². The third kappa shape index (κ3) is 2.55. The van der Waals surface area contributed by atoms with Gasteiger partial charge < -0.3 is 0 Å². The average Bonchev–Trinajstić information content (AvgIpc) is 3.19. The van der Waals surface area contributed by atoms with Crippen molar-refractivity contribution in [1.29, 1.82) is 0 Å². The lowest BCUT2D eigenvalue weighted by molar-refractivity contribution is 0.102. The molecule has 4 heterocycles. The molecule has 0 spiro atoms. The molecule has 0 radical (unpaired) electrons. The van der Waals surface area contributed by atoms with Crippen LogP contribution in [0.4, 0.5) is 5.13 Å². The Morgan fingerprint density at radius 2 is 2.12 bits per heavy atom. The van der Waals surface area contributed by atoms with Crippen LogP contribution in [0, 0.1) is 6.92 Å². The Labute approximate surface area is 141 Å². The summed E-state index contributed by atoms with van der Waals surface area (Å²) in [6, 6.07) is 9.42. The summed E-state index contributed by atoms with van der Waals surface area (Å²) in [6.07, 6.45) is 5.29. The number of pyridine rings is 2. The zero-order valence-electron chi connectivity index (χ0n) is 12.8. The molecule has 4 aromatic heterocycles. The fraction of sp³-hybridized carbons (Fsp3) is 0.0588. The standard InChI is InChI=1S/C17H13N5OS/c1-11-15(22-8-3-2-6-14(22)19-11)16(23)21-17-20-13(10-24-17)12-5-4-7-18-9-12/h2-10H,1H3,(H,20,21,23). The number of imidazole rings is 1. The second-order valence-corrected chi connectivity index (χ2v) is 6.07. The van der Waals surface area contributed by atoms with Crippen molar-refractivity contribution in [2.24, 2.45) is 0 Å². The number of rotatable bonds is 3. The number of nitrogens with one attached hydrogen (secondary N) is 1. The quantitative estimate of drug-likeness (QED) is 0.623. The number of hydrogen-bond acceptors (Lipinski definition) is 5. The summed E-state index contributed by atoms with van der Waals surface area (Å²) >= 11 is 1.38. The lowest BCUT2D eigenvalue weighted by Gasteiger charge is -2.03. The van der Waals surface area contributed by atoms with Gasteiger partial charge in [0.05, 0.1) is 11.4 Å². The van der Waals surface area contributed by atoms with E-state index < -0.39 is 0 Å². The minimum atomic E-state index is -0.224. The van der Waals surface area contributed by atoms with Crippen LogP contribution in [0.2, 0.25) is 0 Å². The fourth-order valence-corrected chi connectivity index (χ4v) is 3.24. The number of thiazole rings is 1. The first kappa shape index (κ1) is 14.5. The van der Waals surface area contributed by atoms with Crippen molar-refractivity contribution in [2.75, 3.05) is 5.32 Å². The molecule has 0 fully saturated rings. The van der Waals surface area contributed by atoms with Gasteiger partial charge in [-0.2, -0.15) is 0 Å². The predicted molar refractivity (Wildman–Crippen MR) is 93.2 cm³/mol. The predicted octanol–water partition coefficient (Wildman–Crippen LogP) is 3.41. The van der Waals surface area contributed by atoms with Crippen molar-refractivity contribution in [3.05, 3.63) is 65.7 Å². The molecule has 4 aromatic rings. The van der Waals surface area contributed by atoms with E-state index in [1.807, 2.05) is 48.8 Å². The van der Waals surface area contributed by atoms with E-state index in [0.717, 1.165) is 16.9 Å². The summed E-state index contributed by atoms with van der Waals surface area (Å²) < 4.78 is 1.78.